The molecule has 4 heterocycles. The fourth-order valence-corrected chi connectivity index (χ4v) is 4.17. The van der Waals surface area contributed by atoms with E-state index in [1.807, 2.05) is 18.1 Å². The predicted octanol–water partition coefficient (Wildman–Crippen LogP) is 1.53. The molecule has 4 aliphatic heterocycles. The van der Waals surface area contributed by atoms with Crippen LogP contribution >= 0.6 is 0 Å². The monoisotopic (exact) mass is 334 g/mol. The second kappa shape index (κ2) is 7.35. The summed E-state index contributed by atoms with van der Waals surface area (Å²) in [7, 11) is 1.91. The standard InChI is InChI=1S/C18H32N5O/c1-15(18(19)23-10-7-21(8-11-23)9-12-23)14-16(2)22(20-3)17-6-4-5-13-24-17/h14,17,19-20H,2,4-13H2,1,3H3/q+1/b15-14+,19-18?. The summed E-state index contributed by atoms with van der Waals surface area (Å²) in [6.45, 7) is 13.6. The van der Waals surface area contributed by atoms with Gasteiger partial charge in [-0.25, -0.2) is 5.43 Å². The maximum absolute atomic E-state index is 8.77. The largest absolute Gasteiger partial charge is 0.357 e. The maximum atomic E-state index is 8.77. The number of piperazine rings is 3. The predicted molar refractivity (Wildman–Crippen MR) is 96.4 cm³/mol. The second-order valence-electron chi connectivity index (χ2n) is 7.24. The van der Waals surface area contributed by atoms with Crippen molar-refractivity contribution in [1.82, 2.24) is 15.3 Å². The Hall–Kier alpha value is -1.21. The van der Waals surface area contributed by atoms with Gasteiger partial charge in [0.15, 0.2) is 0 Å². The van der Waals surface area contributed by atoms with Crippen LogP contribution in [0.15, 0.2) is 23.9 Å². The zero-order chi connectivity index (χ0) is 17.2. The lowest BCUT2D eigenvalue weighted by atomic mass is 10.1. The summed E-state index contributed by atoms with van der Waals surface area (Å²) >= 11 is 0. The van der Waals surface area contributed by atoms with Gasteiger partial charge in [0.05, 0.1) is 19.6 Å². The molecule has 6 nitrogen and oxygen atoms in total. The molecule has 6 heteroatoms. The summed E-state index contributed by atoms with van der Waals surface area (Å²) in [5, 5.41) is 10.8. The third kappa shape index (κ3) is 3.42. The molecule has 1 atom stereocenters. The van der Waals surface area contributed by atoms with E-state index in [0.29, 0.717) is 0 Å². The van der Waals surface area contributed by atoms with E-state index in [0.717, 1.165) is 80.3 Å². The fourth-order valence-electron chi connectivity index (χ4n) is 4.17. The van der Waals surface area contributed by atoms with Crippen molar-refractivity contribution in [3.63, 3.8) is 0 Å². The van der Waals surface area contributed by atoms with Crippen LogP contribution in [0.1, 0.15) is 26.2 Å². The highest BCUT2D eigenvalue weighted by molar-refractivity contribution is 5.90. The molecule has 134 valence electrons. The fraction of sp³-hybridized carbons (Fsp3) is 0.722. The van der Waals surface area contributed by atoms with Gasteiger partial charge in [-0.05, 0) is 32.3 Å². The number of rotatable bonds is 5. The normalized spacial score (nSPS) is 33.3. The number of hydrogen-bond acceptors (Lipinski definition) is 5. The molecule has 0 saturated carbocycles. The summed E-state index contributed by atoms with van der Waals surface area (Å²) in [6, 6.07) is 0. The van der Waals surface area contributed by atoms with Crippen LogP contribution in [0.4, 0.5) is 0 Å². The molecule has 0 aromatic heterocycles. The van der Waals surface area contributed by atoms with Crippen molar-refractivity contribution in [2.24, 2.45) is 0 Å². The quantitative estimate of drug-likeness (QED) is 0.263. The van der Waals surface area contributed by atoms with E-state index < -0.39 is 0 Å². The molecule has 4 rings (SSSR count). The zero-order valence-electron chi connectivity index (χ0n) is 15.2. The van der Waals surface area contributed by atoms with Gasteiger partial charge in [0.25, 0.3) is 0 Å². The Morgan fingerprint density at radius 2 is 1.96 bits per heavy atom. The molecule has 0 spiro atoms. The van der Waals surface area contributed by atoms with E-state index in [4.69, 9.17) is 10.1 Å². The molecule has 0 aromatic rings. The van der Waals surface area contributed by atoms with Crippen molar-refractivity contribution in [3.8, 4) is 0 Å². The van der Waals surface area contributed by atoms with Gasteiger partial charge in [0.1, 0.15) is 6.23 Å². The van der Waals surface area contributed by atoms with Crippen LogP contribution in [-0.2, 0) is 4.74 Å². The number of fused-ring (bicyclic) bond motifs is 3. The minimum atomic E-state index is 0.0417. The minimum absolute atomic E-state index is 0.0417. The zero-order valence-corrected chi connectivity index (χ0v) is 15.2. The molecule has 2 bridgehead atoms. The molecule has 0 radical (unpaired) electrons. The van der Waals surface area contributed by atoms with Crippen LogP contribution in [-0.4, -0.2) is 79.4 Å². The van der Waals surface area contributed by atoms with Crippen molar-refractivity contribution in [1.29, 1.82) is 5.41 Å². The first kappa shape index (κ1) is 17.6. The summed E-state index contributed by atoms with van der Waals surface area (Å²) in [5.41, 5.74) is 5.10. The van der Waals surface area contributed by atoms with E-state index in [1.54, 1.807) is 0 Å². The molecule has 2 N–H and O–H groups in total. The van der Waals surface area contributed by atoms with Crippen LogP contribution in [0.3, 0.4) is 0 Å². The number of nitrogens with zero attached hydrogens (tertiary/aromatic N) is 3. The summed E-state index contributed by atoms with van der Waals surface area (Å²) in [5.74, 6) is 0.760. The number of hydrazine groups is 1. The molecule has 0 amide bonds. The Morgan fingerprint density at radius 1 is 1.29 bits per heavy atom. The molecule has 0 aliphatic carbocycles. The van der Waals surface area contributed by atoms with E-state index >= 15 is 0 Å². The van der Waals surface area contributed by atoms with Gasteiger partial charge in [-0.15, -0.1) is 0 Å². The second-order valence-corrected chi connectivity index (χ2v) is 7.24. The van der Waals surface area contributed by atoms with Crippen molar-refractivity contribution in [2.75, 3.05) is 52.9 Å². The van der Waals surface area contributed by atoms with E-state index in [9.17, 15) is 0 Å². The number of ether oxygens (including phenoxy) is 1. The summed E-state index contributed by atoms with van der Waals surface area (Å²) < 4.78 is 6.71. The molecule has 4 saturated heterocycles. The van der Waals surface area contributed by atoms with Gasteiger partial charge in [0.2, 0.25) is 5.84 Å². The van der Waals surface area contributed by atoms with Crippen LogP contribution in [0.2, 0.25) is 0 Å². The summed E-state index contributed by atoms with van der Waals surface area (Å²) in [6.07, 6.45) is 5.42. The average Bonchev–Trinajstić information content (AvgIpc) is 2.64. The van der Waals surface area contributed by atoms with Gasteiger partial charge in [-0.3, -0.25) is 19.8 Å². The minimum Gasteiger partial charge on any atom is -0.357 e. The van der Waals surface area contributed by atoms with Gasteiger partial charge >= 0.3 is 0 Å². The van der Waals surface area contributed by atoms with Gasteiger partial charge in [-0.1, -0.05) is 6.58 Å². The number of quaternary nitrogens is 1. The first-order valence-electron chi connectivity index (χ1n) is 9.19. The van der Waals surface area contributed by atoms with E-state index in [-0.39, 0.29) is 6.23 Å². The van der Waals surface area contributed by atoms with Gasteiger partial charge < -0.3 is 4.74 Å². The Kier molecular flexibility index (Phi) is 5.39. The first-order valence-corrected chi connectivity index (χ1v) is 9.19. The molecule has 24 heavy (non-hydrogen) atoms. The third-order valence-corrected chi connectivity index (χ3v) is 5.76. The Morgan fingerprint density at radius 3 is 2.50 bits per heavy atom. The molecule has 1 unspecified atom stereocenters. The molecule has 4 fully saturated rings. The van der Waals surface area contributed by atoms with E-state index in [1.165, 1.54) is 6.42 Å². The lowest BCUT2D eigenvalue weighted by Gasteiger charge is -2.50. The van der Waals surface area contributed by atoms with Crippen LogP contribution < -0.4 is 5.43 Å². The lowest BCUT2D eigenvalue weighted by Crippen LogP contribution is -2.69. The Labute approximate surface area is 145 Å². The Bertz CT molecular complexity index is 502. The van der Waals surface area contributed by atoms with Crippen LogP contribution in [0, 0.1) is 5.41 Å². The number of allylic oxidation sites excluding steroid dienone is 1. The van der Waals surface area contributed by atoms with Crippen LogP contribution in [0.5, 0.6) is 0 Å². The molecular formula is C18H32N5O+. The number of hydrogen-bond donors (Lipinski definition) is 2. The third-order valence-electron chi connectivity index (χ3n) is 5.76. The smallest absolute Gasteiger partial charge is 0.223 e. The average molecular weight is 334 g/mol. The number of nitrogens with one attached hydrogen (secondary N) is 2. The van der Waals surface area contributed by atoms with Gasteiger partial charge in [0, 0.05) is 44.6 Å². The molecular weight excluding hydrogens is 302 g/mol. The molecule has 0 aromatic carbocycles. The van der Waals surface area contributed by atoms with Gasteiger partial charge in [-0.2, -0.15) is 0 Å². The Balaban J connectivity index is 1.69. The maximum Gasteiger partial charge on any atom is 0.223 e. The van der Waals surface area contributed by atoms with Crippen molar-refractivity contribution in [2.45, 2.75) is 32.4 Å². The van der Waals surface area contributed by atoms with E-state index in [2.05, 4.69) is 23.8 Å². The highest BCUT2D eigenvalue weighted by atomic mass is 16.5. The molecule has 4 aliphatic rings. The highest BCUT2D eigenvalue weighted by Crippen LogP contribution is 2.24. The highest BCUT2D eigenvalue weighted by Gasteiger charge is 2.42. The topological polar surface area (TPSA) is 51.6 Å². The lowest BCUT2D eigenvalue weighted by molar-refractivity contribution is -0.857. The first-order chi connectivity index (χ1) is 11.6. The summed E-state index contributed by atoms with van der Waals surface area (Å²) in [4.78, 5) is 2.51. The van der Waals surface area contributed by atoms with Crippen molar-refractivity contribution in [3.05, 3.63) is 23.9 Å². The number of amidine groups is 1. The van der Waals surface area contributed by atoms with Crippen molar-refractivity contribution >= 4 is 5.84 Å². The van der Waals surface area contributed by atoms with Crippen LogP contribution in [0.25, 0.3) is 0 Å². The van der Waals surface area contributed by atoms with Crippen molar-refractivity contribution < 1.29 is 9.22 Å². The SMILES string of the molecule is C=C(/C=C(\C)C(=N)[N+]12CCN(CC1)CC2)N(NC)C1CCCCO1.